The van der Waals surface area contributed by atoms with E-state index in [-0.39, 0.29) is 11.5 Å². The maximum atomic E-state index is 12.0. The number of hydrogen-bond donors (Lipinski definition) is 2. The van der Waals surface area contributed by atoms with Crippen molar-refractivity contribution in [1.29, 1.82) is 0 Å². The van der Waals surface area contributed by atoms with Crippen LogP contribution in [0.2, 0.25) is 5.15 Å². The molecule has 0 unspecified atom stereocenters. The third-order valence-electron chi connectivity index (χ3n) is 2.57. The fraction of sp³-hybridized carbons (Fsp3) is 0.250. The first-order valence-electron chi connectivity index (χ1n) is 5.62. The normalized spacial score (nSPS) is 13.6. The summed E-state index contributed by atoms with van der Waals surface area (Å²) in [5.41, 5.74) is 0.627. The fourth-order valence-corrected chi connectivity index (χ4v) is 3.04. The standard InChI is InChI=1S/C12H13ClN2O3S/c1-8(7-16)15-19(17,18)10-3-4-11-9(6-10)2-5-12(13)14-11/h2-6,8,15-16H,7H2,1H3/t8-/m0/s1. The van der Waals surface area contributed by atoms with E-state index in [9.17, 15) is 8.42 Å². The molecule has 0 aliphatic carbocycles. The number of fused-ring (bicyclic) bond motifs is 1. The second kappa shape index (κ2) is 5.42. The van der Waals surface area contributed by atoms with Gasteiger partial charge in [-0.25, -0.2) is 18.1 Å². The Balaban J connectivity index is 2.43. The lowest BCUT2D eigenvalue weighted by atomic mass is 10.2. The van der Waals surface area contributed by atoms with Crippen molar-refractivity contribution < 1.29 is 13.5 Å². The summed E-state index contributed by atoms with van der Waals surface area (Å²) >= 11 is 5.77. The topological polar surface area (TPSA) is 79.3 Å². The molecule has 0 amide bonds. The molecule has 1 atom stereocenters. The van der Waals surface area contributed by atoms with Gasteiger partial charge in [-0.3, -0.25) is 0 Å². The molecule has 1 aromatic carbocycles. The van der Waals surface area contributed by atoms with Crippen LogP contribution < -0.4 is 4.72 Å². The van der Waals surface area contributed by atoms with Gasteiger partial charge in [0.15, 0.2) is 0 Å². The quantitative estimate of drug-likeness (QED) is 0.840. The Kier molecular flexibility index (Phi) is 4.05. The monoisotopic (exact) mass is 300 g/mol. The molecule has 0 bridgehead atoms. The van der Waals surface area contributed by atoms with Crippen LogP contribution in [0.15, 0.2) is 35.2 Å². The summed E-state index contributed by atoms with van der Waals surface area (Å²) in [5, 5.41) is 9.94. The lowest BCUT2D eigenvalue weighted by Gasteiger charge is -2.11. The van der Waals surface area contributed by atoms with Crippen molar-refractivity contribution in [3.63, 3.8) is 0 Å². The van der Waals surface area contributed by atoms with Gasteiger partial charge in [-0.15, -0.1) is 0 Å². The van der Waals surface area contributed by atoms with Crippen LogP contribution >= 0.6 is 11.6 Å². The molecule has 1 heterocycles. The van der Waals surface area contributed by atoms with Crippen molar-refractivity contribution >= 4 is 32.5 Å². The van der Waals surface area contributed by atoms with E-state index < -0.39 is 16.1 Å². The molecule has 0 aliphatic rings. The molecule has 5 nitrogen and oxygen atoms in total. The van der Waals surface area contributed by atoms with Crippen molar-refractivity contribution in [2.75, 3.05) is 6.61 Å². The molecule has 0 aliphatic heterocycles. The average molecular weight is 301 g/mol. The summed E-state index contributed by atoms with van der Waals surface area (Å²) in [5.74, 6) is 0. The molecule has 0 saturated heterocycles. The fourth-order valence-electron chi connectivity index (χ4n) is 1.62. The summed E-state index contributed by atoms with van der Waals surface area (Å²) in [6.45, 7) is 1.32. The van der Waals surface area contributed by atoms with E-state index in [1.807, 2.05) is 0 Å². The van der Waals surface area contributed by atoms with E-state index in [0.717, 1.165) is 0 Å². The minimum absolute atomic E-state index is 0.129. The predicted octanol–water partition coefficient (Wildman–Crippen LogP) is 1.55. The number of halogens is 1. The van der Waals surface area contributed by atoms with E-state index in [2.05, 4.69) is 9.71 Å². The minimum Gasteiger partial charge on any atom is -0.395 e. The third-order valence-corrected chi connectivity index (χ3v) is 4.36. The molecule has 0 radical (unpaired) electrons. The van der Waals surface area contributed by atoms with Crippen LogP contribution in [0.5, 0.6) is 0 Å². The number of nitrogens with one attached hydrogen (secondary N) is 1. The van der Waals surface area contributed by atoms with Gasteiger partial charge >= 0.3 is 0 Å². The van der Waals surface area contributed by atoms with E-state index >= 15 is 0 Å². The summed E-state index contributed by atoms with van der Waals surface area (Å²) in [6, 6.07) is 7.34. The van der Waals surface area contributed by atoms with Gasteiger partial charge in [-0.2, -0.15) is 0 Å². The Labute approximate surface area is 116 Å². The first kappa shape index (κ1) is 14.2. The highest BCUT2D eigenvalue weighted by molar-refractivity contribution is 7.89. The molecule has 19 heavy (non-hydrogen) atoms. The number of hydrogen-bond acceptors (Lipinski definition) is 4. The van der Waals surface area contributed by atoms with Crippen molar-refractivity contribution in [3.05, 3.63) is 35.5 Å². The largest absolute Gasteiger partial charge is 0.395 e. The lowest BCUT2D eigenvalue weighted by Crippen LogP contribution is -2.34. The van der Waals surface area contributed by atoms with Gasteiger partial charge in [0.25, 0.3) is 0 Å². The number of rotatable bonds is 4. The predicted molar refractivity (Wildman–Crippen MR) is 73.6 cm³/mol. The second-order valence-corrected chi connectivity index (χ2v) is 6.29. The zero-order chi connectivity index (χ0) is 14.0. The molecular formula is C12H13ClN2O3S. The maximum Gasteiger partial charge on any atom is 0.240 e. The number of nitrogens with zero attached hydrogens (tertiary/aromatic N) is 1. The van der Waals surface area contributed by atoms with E-state index in [0.29, 0.717) is 16.1 Å². The van der Waals surface area contributed by atoms with Crippen molar-refractivity contribution in [3.8, 4) is 0 Å². The van der Waals surface area contributed by atoms with Crippen LogP contribution in [-0.4, -0.2) is 31.2 Å². The number of aromatic nitrogens is 1. The Morgan fingerprint density at radius 2 is 2.11 bits per heavy atom. The first-order chi connectivity index (χ1) is 8.92. The van der Waals surface area contributed by atoms with Crippen molar-refractivity contribution in [2.45, 2.75) is 17.9 Å². The number of aliphatic hydroxyl groups excluding tert-OH is 1. The van der Waals surface area contributed by atoms with Gasteiger partial charge in [-0.1, -0.05) is 11.6 Å². The van der Waals surface area contributed by atoms with E-state index in [1.165, 1.54) is 12.1 Å². The van der Waals surface area contributed by atoms with E-state index in [4.69, 9.17) is 16.7 Å². The molecule has 7 heteroatoms. The summed E-state index contributed by atoms with van der Waals surface area (Å²) in [7, 11) is -3.64. The smallest absolute Gasteiger partial charge is 0.240 e. The van der Waals surface area contributed by atoms with Crippen LogP contribution in [-0.2, 0) is 10.0 Å². The zero-order valence-corrected chi connectivity index (χ0v) is 11.7. The minimum atomic E-state index is -3.64. The van der Waals surface area contributed by atoms with Gasteiger partial charge in [0, 0.05) is 11.4 Å². The van der Waals surface area contributed by atoms with Crippen molar-refractivity contribution in [2.24, 2.45) is 0 Å². The molecule has 102 valence electrons. The molecule has 0 spiro atoms. The first-order valence-corrected chi connectivity index (χ1v) is 7.48. The summed E-state index contributed by atoms with van der Waals surface area (Å²) in [4.78, 5) is 4.22. The van der Waals surface area contributed by atoms with Crippen LogP contribution in [0.4, 0.5) is 0 Å². The van der Waals surface area contributed by atoms with Gasteiger partial charge < -0.3 is 5.11 Å². The molecule has 2 N–H and O–H groups in total. The van der Waals surface area contributed by atoms with E-state index in [1.54, 1.807) is 25.1 Å². The summed E-state index contributed by atoms with van der Waals surface area (Å²) in [6.07, 6.45) is 0. The Hall–Kier alpha value is -1.21. The van der Waals surface area contributed by atoms with Crippen LogP contribution in [0, 0.1) is 0 Å². The van der Waals surface area contributed by atoms with Gasteiger partial charge in [0.1, 0.15) is 5.15 Å². The number of pyridine rings is 1. The zero-order valence-electron chi connectivity index (χ0n) is 10.2. The Bertz CT molecular complexity index is 703. The highest BCUT2D eigenvalue weighted by Gasteiger charge is 2.17. The maximum absolute atomic E-state index is 12.0. The number of benzene rings is 1. The van der Waals surface area contributed by atoms with Crippen LogP contribution in [0.3, 0.4) is 0 Å². The molecular weight excluding hydrogens is 288 g/mol. The second-order valence-electron chi connectivity index (χ2n) is 4.19. The number of sulfonamides is 1. The SMILES string of the molecule is C[C@@H](CO)NS(=O)(=O)c1ccc2nc(Cl)ccc2c1. The lowest BCUT2D eigenvalue weighted by molar-refractivity contribution is 0.265. The Morgan fingerprint density at radius 1 is 1.37 bits per heavy atom. The van der Waals surface area contributed by atoms with Gasteiger partial charge in [0.05, 0.1) is 17.0 Å². The molecule has 0 fully saturated rings. The molecule has 2 rings (SSSR count). The highest BCUT2D eigenvalue weighted by Crippen LogP contribution is 2.19. The molecule has 0 saturated carbocycles. The summed E-state index contributed by atoms with van der Waals surface area (Å²) < 4.78 is 26.5. The van der Waals surface area contributed by atoms with Crippen LogP contribution in [0.1, 0.15) is 6.92 Å². The van der Waals surface area contributed by atoms with Gasteiger partial charge in [-0.05, 0) is 37.3 Å². The molecule has 1 aromatic heterocycles. The molecule has 2 aromatic rings. The Morgan fingerprint density at radius 3 is 2.79 bits per heavy atom. The van der Waals surface area contributed by atoms with Crippen molar-refractivity contribution in [1.82, 2.24) is 9.71 Å². The van der Waals surface area contributed by atoms with Gasteiger partial charge in [0.2, 0.25) is 10.0 Å². The average Bonchev–Trinajstić information content (AvgIpc) is 2.37. The highest BCUT2D eigenvalue weighted by atomic mass is 35.5. The third kappa shape index (κ3) is 3.22. The van der Waals surface area contributed by atoms with Crippen LogP contribution in [0.25, 0.3) is 10.9 Å². The number of aliphatic hydroxyl groups is 1.